The van der Waals surface area contributed by atoms with E-state index in [9.17, 15) is 14.4 Å². The monoisotopic (exact) mass is 329 g/mol. The number of urea groups is 1. The number of hydrogen-bond acceptors (Lipinski definition) is 4. The minimum absolute atomic E-state index is 0.0134. The van der Waals surface area contributed by atoms with Crippen LogP contribution >= 0.6 is 0 Å². The second kappa shape index (κ2) is 10.0. The number of rotatable bonds is 9. The van der Waals surface area contributed by atoms with Crippen molar-refractivity contribution in [3.05, 3.63) is 0 Å². The first-order chi connectivity index (χ1) is 10.9. The third-order valence-corrected chi connectivity index (χ3v) is 4.01. The Morgan fingerprint density at radius 3 is 2.48 bits per heavy atom. The summed E-state index contributed by atoms with van der Waals surface area (Å²) in [5, 5.41) is 13.4. The lowest BCUT2D eigenvalue weighted by molar-refractivity contribution is -0.137. The van der Waals surface area contributed by atoms with Gasteiger partial charge in [-0.3, -0.25) is 9.59 Å². The summed E-state index contributed by atoms with van der Waals surface area (Å²) in [7, 11) is 0. The molecule has 0 aliphatic heterocycles. The van der Waals surface area contributed by atoms with E-state index >= 15 is 0 Å². The maximum atomic E-state index is 12.1. The van der Waals surface area contributed by atoms with Crippen molar-refractivity contribution < 1.29 is 24.2 Å². The molecule has 0 bridgehead atoms. The summed E-state index contributed by atoms with van der Waals surface area (Å²) in [6, 6.07) is -1.76. The zero-order chi connectivity index (χ0) is 17.2. The van der Waals surface area contributed by atoms with Crippen LogP contribution in [0.5, 0.6) is 0 Å². The van der Waals surface area contributed by atoms with Gasteiger partial charge >= 0.3 is 12.0 Å². The maximum absolute atomic E-state index is 12.1. The van der Waals surface area contributed by atoms with E-state index in [4.69, 9.17) is 15.6 Å². The fraction of sp³-hybridized carbons (Fsp3) is 0.800. The quantitative estimate of drug-likeness (QED) is 0.492. The molecule has 0 unspecified atom stereocenters. The Balaban J connectivity index is 2.47. The van der Waals surface area contributed by atoms with Crippen LogP contribution in [0.25, 0.3) is 0 Å². The molecule has 2 atom stereocenters. The zero-order valence-corrected chi connectivity index (χ0v) is 13.5. The Morgan fingerprint density at radius 1 is 1.26 bits per heavy atom. The van der Waals surface area contributed by atoms with E-state index in [1.54, 1.807) is 6.92 Å². The predicted octanol–water partition coefficient (Wildman–Crippen LogP) is 0.600. The predicted molar refractivity (Wildman–Crippen MR) is 83.8 cm³/mol. The van der Waals surface area contributed by atoms with E-state index in [0.29, 0.717) is 12.5 Å². The van der Waals surface area contributed by atoms with Crippen LogP contribution in [0.15, 0.2) is 0 Å². The summed E-state index contributed by atoms with van der Waals surface area (Å²) < 4.78 is 5.75. The summed E-state index contributed by atoms with van der Waals surface area (Å²) in [5.74, 6) is -1.02. The number of carboxylic acids is 1. The average Bonchev–Trinajstić information content (AvgIpc) is 2.50. The van der Waals surface area contributed by atoms with E-state index in [0.717, 1.165) is 12.8 Å². The first-order valence-corrected chi connectivity index (χ1v) is 8.07. The highest BCUT2D eigenvalue weighted by Crippen LogP contribution is 2.24. The van der Waals surface area contributed by atoms with Crippen LogP contribution in [0.1, 0.15) is 45.4 Å². The number of carbonyl (C=O) groups excluding carboxylic acids is 2. The second-order valence-corrected chi connectivity index (χ2v) is 5.96. The molecule has 1 saturated carbocycles. The van der Waals surface area contributed by atoms with Gasteiger partial charge in [0.25, 0.3) is 0 Å². The minimum atomic E-state index is -1.01. The number of amides is 3. The van der Waals surface area contributed by atoms with Gasteiger partial charge in [-0.2, -0.15) is 0 Å². The van der Waals surface area contributed by atoms with Gasteiger partial charge in [0.2, 0.25) is 5.91 Å². The summed E-state index contributed by atoms with van der Waals surface area (Å²) in [4.78, 5) is 33.7. The van der Waals surface area contributed by atoms with Crippen molar-refractivity contribution in [1.82, 2.24) is 10.6 Å². The molecule has 8 heteroatoms. The first kappa shape index (κ1) is 19.2. The van der Waals surface area contributed by atoms with Crippen molar-refractivity contribution in [2.24, 2.45) is 11.7 Å². The lowest BCUT2D eigenvalue weighted by Gasteiger charge is -2.27. The summed E-state index contributed by atoms with van der Waals surface area (Å²) in [6.07, 6.45) is 5.14. The van der Waals surface area contributed by atoms with Gasteiger partial charge in [0.05, 0.1) is 12.5 Å². The maximum Gasteiger partial charge on any atom is 0.312 e. The number of hydrogen-bond donors (Lipinski definition) is 4. The average molecular weight is 329 g/mol. The van der Waals surface area contributed by atoms with Gasteiger partial charge < -0.3 is 26.2 Å². The van der Waals surface area contributed by atoms with Crippen LogP contribution < -0.4 is 16.4 Å². The van der Waals surface area contributed by atoms with Gasteiger partial charge in [-0.25, -0.2) is 4.79 Å². The molecule has 3 amide bonds. The van der Waals surface area contributed by atoms with Crippen LogP contribution in [-0.4, -0.2) is 48.3 Å². The van der Waals surface area contributed by atoms with E-state index in [1.165, 1.54) is 19.3 Å². The van der Waals surface area contributed by atoms with Gasteiger partial charge in [-0.1, -0.05) is 19.3 Å². The van der Waals surface area contributed by atoms with Crippen molar-refractivity contribution in [2.45, 2.75) is 57.6 Å². The summed E-state index contributed by atoms with van der Waals surface area (Å²) >= 11 is 0. The number of carboxylic acid groups (broad SMARTS) is 1. The van der Waals surface area contributed by atoms with Gasteiger partial charge in [0, 0.05) is 13.2 Å². The number of aliphatic carboxylic acids is 1. The van der Waals surface area contributed by atoms with E-state index in [-0.39, 0.29) is 13.0 Å². The highest BCUT2D eigenvalue weighted by atomic mass is 16.5. The molecule has 0 saturated heterocycles. The van der Waals surface area contributed by atoms with Crippen molar-refractivity contribution in [3.8, 4) is 0 Å². The molecule has 0 spiro atoms. The van der Waals surface area contributed by atoms with Crippen LogP contribution in [0.4, 0.5) is 4.79 Å². The van der Waals surface area contributed by atoms with Gasteiger partial charge in [0.1, 0.15) is 6.04 Å². The number of carbonyl (C=O) groups is 3. The SMILES string of the molecule is C[C@@H](OCC1CCCCC1)[C@H](NC(N)=O)C(=O)NCCC(=O)O. The molecule has 132 valence electrons. The third-order valence-electron chi connectivity index (χ3n) is 4.01. The molecular formula is C15H27N3O5. The third kappa shape index (κ3) is 7.83. The molecule has 8 nitrogen and oxygen atoms in total. The Bertz CT molecular complexity index is 410. The van der Waals surface area contributed by atoms with Crippen LogP contribution in [0, 0.1) is 5.92 Å². The minimum Gasteiger partial charge on any atom is -0.481 e. The molecule has 1 rings (SSSR count). The number of ether oxygens (including phenoxy) is 1. The first-order valence-electron chi connectivity index (χ1n) is 8.07. The van der Waals surface area contributed by atoms with Crippen molar-refractivity contribution >= 4 is 17.9 Å². The van der Waals surface area contributed by atoms with Gasteiger partial charge in [-0.15, -0.1) is 0 Å². The Morgan fingerprint density at radius 2 is 1.91 bits per heavy atom. The fourth-order valence-corrected chi connectivity index (χ4v) is 2.69. The summed E-state index contributed by atoms with van der Waals surface area (Å²) in [6.45, 7) is 2.22. The molecule has 0 radical (unpaired) electrons. The highest BCUT2D eigenvalue weighted by molar-refractivity contribution is 5.87. The Hall–Kier alpha value is -1.83. The largest absolute Gasteiger partial charge is 0.481 e. The topological polar surface area (TPSA) is 131 Å². The van der Waals surface area contributed by atoms with E-state index in [2.05, 4.69) is 10.6 Å². The molecule has 0 aromatic carbocycles. The van der Waals surface area contributed by atoms with E-state index < -0.39 is 30.1 Å². The van der Waals surface area contributed by atoms with Gasteiger partial charge in [0.15, 0.2) is 0 Å². The normalized spacial score (nSPS) is 18.0. The highest BCUT2D eigenvalue weighted by Gasteiger charge is 2.28. The summed E-state index contributed by atoms with van der Waals surface area (Å²) in [5.41, 5.74) is 5.11. The van der Waals surface area contributed by atoms with Crippen molar-refractivity contribution in [3.63, 3.8) is 0 Å². The van der Waals surface area contributed by atoms with Crippen LogP contribution in [-0.2, 0) is 14.3 Å². The molecule has 1 aliphatic rings. The van der Waals surface area contributed by atoms with Crippen LogP contribution in [0.3, 0.4) is 0 Å². The molecular weight excluding hydrogens is 302 g/mol. The lowest BCUT2D eigenvalue weighted by atomic mass is 9.90. The van der Waals surface area contributed by atoms with Gasteiger partial charge in [-0.05, 0) is 25.7 Å². The molecule has 23 heavy (non-hydrogen) atoms. The number of nitrogens with two attached hydrogens (primary N) is 1. The number of primary amides is 1. The standard InChI is InChI=1S/C15H27N3O5/c1-10(23-9-11-5-3-2-4-6-11)13(18-15(16)22)14(21)17-8-7-12(19)20/h10-11,13H,2-9H2,1H3,(H,17,21)(H,19,20)(H3,16,18,22)/t10-,13+/m1/s1. The molecule has 1 fully saturated rings. The molecule has 0 heterocycles. The Labute approximate surface area is 136 Å². The smallest absolute Gasteiger partial charge is 0.312 e. The van der Waals surface area contributed by atoms with Crippen molar-refractivity contribution in [2.75, 3.05) is 13.2 Å². The van der Waals surface area contributed by atoms with Crippen LogP contribution in [0.2, 0.25) is 0 Å². The lowest BCUT2D eigenvalue weighted by Crippen LogP contribution is -2.55. The second-order valence-electron chi connectivity index (χ2n) is 5.96. The fourth-order valence-electron chi connectivity index (χ4n) is 2.69. The molecule has 0 aromatic rings. The van der Waals surface area contributed by atoms with Crippen molar-refractivity contribution in [1.29, 1.82) is 0 Å². The zero-order valence-electron chi connectivity index (χ0n) is 13.5. The number of nitrogens with one attached hydrogen (secondary N) is 2. The molecule has 0 aromatic heterocycles. The molecule has 5 N–H and O–H groups in total. The van der Waals surface area contributed by atoms with E-state index in [1.807, 2.05) is 0 Å². The Kier molecular flexibility index (Phi) is 8.39. The molecule has 1 aliphatic carbocycles.